The van der Waals surface area contributed by atoms with Crippen molar-refractivity contribution < 1.29 is 13.5 Å². The summed E-state index contributed by atoms with van der Waals surface area (Å²) in [5, 5.41) is -0.0590. The number of nitrogens with two attached hydrogens (primary N) is 1. The Bertz CT molecular complexity index is 602. The molecule has 0 amide bonds. The third kappa shape index (κ3) is 2.85. The van der Waals surface area contributed by atoms with Crippen molar-refractivity contribution in [3.63, 3.8) is 0 Å². The largest absolute Gasteiger partial charge is 0.454 e. The fraction of sp³-hybridized carbons (Fsp3) is 0.143. The van der Waals surface area contributed by atoms with E-state index < -0.39 is 17.7 Å². The second-order valence-corrected chi connectivity index (χ2v) is 4.50. The third-order valence-corrected chi connectivity index (χ3v) is 2.90. The molecule has 0 saturated heterocycles. The molecule has 19 heavy (non-hydrogen) atoms. The molecule has 0 bridgehead atoms. The summed E-state index contributed by atoms with van der Waals surface area (Å²) in [6, 6.07) is 8.07. The second kappa shape index (κ2) is 5.55. The molecule has 0 aliphatic heterocycles. The smallest absolute Gasteiger partial charge is 0.184 e. The van der Waals surface area contributed by atoms with Gasteiger partial charge in [0.25, 0.3) is 0 Å². The van der Waals surface area contributed by atoms with Crippen LogP contribution in [0.3, 0.4) is 0 Å². The number of rotatable bonds is 3. The van der Waals surface area contributed by atoms with Crippen molar-refractivity contribution >= 4 is 11.6 Å². The Morgan fingerprint density at radius 2 is 1.74 bits per heavy atom. The molecule has 2 nitrogen and oxygen atoms in total. The van der Waals surface area contributed by atoms with Crippen molar-refractivity contribution in [3.05, 3.63) is 58.6 Å². The summed E-state index contributed by atoms with van der Waals surface area (Å²) in [7, 11) is 0. The van der Waals surface area contributed by atoms with Crippen LogP contribution in [0, 0.1) is 11.6 Å². The zero-order valence-corrected chi connectivity index (χ0v) is 10.9. The van der Waals surface area contributed by atoms with Crippen LogP contribution in [0.25, 0.3) is 0 Å². The Hall–Kier alpha value is -1.65. The number of halogens is 3. The molecule has 0 aliphatic carbocycles. The first-order valence-electron chi connectivity index (χ1n) is 5.66. The molecule has 0 radical (unpaired) electrons. The van der Waals surface area contributed by atoms with Gasteiger partial charge in [-0.2, -0.15) is 0 Å². The van der Waals surface area contributed by atoms with E-state index in [2.05, 4.69) is 0 Å². The topological polar surface area (TPSA) is 35.2 Å². The maximum Gasteiger partial charge on any atom is 0.184 e. The molecule has 0 aliphatic rings. The van der Waals surface area contributed by atoms with Crippen LogP contribution in [0.5, 0.6) is 11.5 Å². The van der Waals surface area contributed by atoms with E-state index in [0.29, 0.717) is 0 Å². The van der Waals surface area contributed by atoms with E-state index in [-0.39, 0.29) is 22.1 Å². The summed E-state index contributed by atoms with van der Waals surface area (Å²) in [5.41, 5.74) is 5.89. The molecule has 2 aromatic carbocycles. The van der Waals surface area contributed by atoms with Gasteiger partial charge in [-0.1, -0.05) is 23.7 Å². The van der Waals surface area contributed by atoms with Gasteiger partial charge < -0.3 is 10.5 Å². The van der Waals surface area contributed by atoms with Gasteiger partial charge in [0.2, 0.25) is 0 Å². The quantitative estimate of drug-likeness (QED) is 0.904. The zero-order valence-electron chi connectivity index (χ0n) is 10.2. The zero-order chi connectivity index (χ0) is 14.0. The highest BCUT2D eigenvalue weighted by atomic mass is 35.5. The van der Waals surface area contributed by atoms with Crippen molar-refractivity contribution in [3.8, 4) is 11.5 Å². The fourth-order valence-corrected chi connectivity index (χ4v) is 1.90. The number of benzene rings is 2. The average molecular weight is 284 g/mol. The molecule has 2 rings (SSSR count). The van der Waals surface area contributed by atoms with Gasteiger partial charge in [0.05, 0.1) is 5.02 Å². The Kier molecular flexibility index (Phi) is 4.02. The Balaban J connectivity index is 2.44. The first-order chi connectivity index (χ1) is 9.00. The van der Waals surface area contributed by atoms with Crippen molar-refractivity contribution in [1.82, 2.24) is 0 Å². The van der Waals surface area contributed by atoms with E-state index in [1.807, 2.05) is 0 Å². The lowest BCUT2D eigenvalue weighted by Crippen LogP contribution is -2.09. The summed E-state index contributed by atoms with van der Waals surface area (Å²) in [5.74, 6) is -1.07. The lowest BCUT2D eigenvalue weighted by molar-refractivity contribution is 0.428. The van der Waals surface area contributed by atoms with E-state index in [4.69, 9.17) is 22.1 Å². The fourth-order valence-electron chi connectivity index (χ4n) is 1.73. The molecule has 100 valence electrons. The number of hydrogen-bond acceptors (Lipinski definition) is 2. The van der Waals surface area contributed by atoms with E-state index in [1.165, 1.54) is 30.3 Å². The van der Waals surface area contributed by atoms with Crippen LogP contribution in [0.4, 0.5) is 8.78 Å². The minimum absolute atomic E-state index is 0.0590. The molecule has 0 aromatic heterocycles. The predicted molar refractivity (Wildman–Crippen MR) is 70.5 cm³/mol. The van der Waals surface area contributed by atoms with Crippen molar-refractivity contribution in [1.29, 1.82) is 0 Å². The third-order valence-electron chi connectivity index (χ3n) is 2.60. The minimum atomic E-state index is -0.691. The van der Waals surface area contributed by atoms with Crippen LogP contribution in [-0.2, 0) is 0 Å². The summed E-state index contributed by atoms with van der Waals surface area (Å²) in [4.78, 5) is 0. The summed E-state index contributed by atoms with van der Waals surface area (Å²) in [6.07, 6.45) is 0. The standard InChI is InChI=1S/C14H12ClF2NO/c1-8(18)13-10(16)5-3-6-11(13)19-12-7-2-4-9(15)14(12)17/h2-8H,18H2,1H3/t8-/m1/s1. The normalized spacial score (nSPS) is 12.3. The van der Waals surface area contributed by atoms with Crippen LogP contribution in [0.2, 0.25) is 5.02 Å². The second-order valence-electron chi connectivity index (χ2n) is 4.09. The lowest BCUT2D eigenvalue weighted by atomic mass is 10.1. The molecular formula is C14H12ClF2NO. The summed E-state index contributed by atoms with van der Waals surface area (Å²) >= 11 is 5.66. The maximum absolute atomic E-state index is 13.7. The number of hydrogen-bond donors (Lipinski definition) is 1. The van der Waals surface area contributed by atoms with Crippen LogP contribution in [0.15, 0.2) is 36.4 Å². The van der Waals surface area contributed by atoms with E-state index in [1.54, 1.807) is 13.0 Å². The highest BCUT2D eigenvalue weighted by Gasteiger charge is 2.16. The van der Waals surface area contributed by atoms with Crippen LogP contribution >= 0.6 is 11.6 Å². The van der Waals surface area contributed by atoms with E-state index in [0.717, 1.165) is 0 Å². The van der Waals surface area contributed by atoms with Gasteiger partial charge in [-0.3, -0.25) is 0 Å². The summed E-state index contributed by atoms with van der Waals surface area (Å²) in [6.45, 7) is 1.62. The number of ether oxygens (including phenoxy) is 1. The molecule has 2 N–H and O–H groups in total. The Morgan fingerprint density at radius 3 is 2.42 bits per heavy atom. The first kappa shape index (κ1) is 13.8. The minimum Gasteiger partial charge on any atom is -0.454 e. The first-order valence-corrected chi connectivity index (χ1v) is 6.04. The summed E-state index contributed by atoms with van der Waals surface area (Å²) < 4.78 is 32.8. The van der Waals surface area contributed by atoms with Gasteiger partial charge in [-0.15, -0.1) is 0 Å². The molecule has 0 fully saturated rings. The highest BCUT2D eigenvalue weighted by Crippen LogP contribution is 2.33. The van der Waals surface area contributed by atoms with E-state index in [9.17, 15) is 8.78 Å². The van der Waals surface area contributed by atoms with Gasteiger partial charge in [-0.25, -0.2) is 8.78 Å². The molecular weight excluding hydrogens is 272 g/mol. The Labute approximate surface area is 114 Å². The van der Waals surface area contributed by atoms with Gasteiger partial charge in [0.15, 0.2) is 11.6 Å². The van der Waals surface area contributed by atoms with Crippen LogP contribution in [-0.4, -0.2) is 0 Å². The average Bonchev–Trinajstić information content (AvgIpc) is 2.34. The molecule has 0 heterocycles. The van der Waals surface area contributed by atoms with Gasteiger partial charge in [0, 0.05) is 11.6 Å². The maximum atomic E-state index is 13.7. The molecule has 5 heteroatoms. The van der Waals surface area contributed by atoms with E-state index >= 15 is 0 Å². The molecule has 1 atom stereocenters. The van der Waals surface area contributed by atoms with Gasteiger partial charge in [0.1, 0.15) is 11.6 Å². The highest BCUT2D eigenvalue weighted by molar-refractivity contribution is 6.30. The van der Waals surface area contributed by atoms with Crippen molar-refractivity contribution in [2.45, 2.75) is 13.0 Å². The van der Waals surface area contributed by atoms with Gasteiger partial charge in [-0.05, 0) is 31.2 Å². The Morgan fingerprint density at radius 1 is 1.11 bits per heavy atom. The molecule has 2 aromatic rings. The SMILES string of the molecule is C[C@@H](N)c1c(F)cccc1Oc1cccc(Cl)c1F. The van der Waals surface area contributed by atoms with Gasteiger partial charge >= 0.3 is 0 Å². The van der Waals surface area contributed by atoms with Crippen molar-refractivity contribution in [2.24, 2.45) is 5.73 Å². The molecule has 0 spiro atoms. The molecule has 0 unspecified atom stereocenters. The monoisotopic (exact) mass is 283 g/mol. The predicted octanol–water partition coefficient (Wildman–Crippen LogP) is 4.43. The molecule has 0 saturated carbocycles. The van der Waals surface area contributed by atoms with Crippen molar-refractivity contribution in [2.75, 3.05) is 0 Å². The lowest BCUT2D eigenvalue weighted by Gasteiger charge is -2.15. The van der Waals surface area contributed by atoms with Crippen LogP contribution in [0.1, 0.15) is 18.5 Å². The van der Waals surface area contributed by atoms with Crippen LogP contribution < -0.4 is 10.5 Å².